The van der Waals surface area contributed by atoms with Crippen LogP contribution in [-0.2, 0) is 4.79 Å². The molecule has 0 aliphatic carbocycles. The number of anilines is 3. The fourth-order valence-electron chi connectivity index (χ4n) is 3.28. The summed E-state index contributed by atoms with van der Waals surface area (Å²) < 4.78 is 6.84. The van der Waals surface area contributed by atoms with Crippen molar-refractivity contribution in [2.75, 3.05) is 35.7 Å². The molecule has 1 saturated heterocycles. The fourth-order valence-corrected chi connectivity index (χ4v) is 3.28. The van der Waals surface area contributed by atoms with Crippen LogP contribution in [-0.4, -0.2) is 56.7 Å². The summed E-state index contributed by atoms with van der Waals surface area (Å²) in [6, 6.07) is 7.76. The molecule has 0 unspecified atom stereocenters. The number of pyridine rings is 1. The number of nitrogens with one attached hydrogen (secondary N) is 2. The van der Waals surface area contributed by atoms with E-state index >= 15 is 0 Å². The van der Waals surface area contributed by atoms with Gasteiger partial charge in [0.25, 0.3) is 0 Å². The van der Waals surface area contributed by atoms with Crippen molar-refractivity contribution in [3.63, 3.8) is 0 Å². The summed E-state index contributed by atoms with van der Waals surface area (Å²) in [4.78, 5) is 26.5. The zero-order chi connectivity index (χ0) is 21.1. The highest BCUT2D eigenvalue weighted by atomic mass is 16.5. The Balaban J connectivity index is 1.50. The van der Waals surface area contributed by atoms with E-state index in [4.69, 9.17) is 10.00 Å². The number of fused-ring (bicyclic) bond motifs is 1. The van der Waals surface area contributed by atoms with Gasteiger partial charge in [0.05, 0.1) is 13.3 Å². The van der Waals surface area contributed by atoms with Gasteiger partial charge in [0.15, 0.2) is 5.65 Å². The number of methoxy groups -OCH3 is 1. The van der Waals surface area contributed by atoms with Crippen LogP contribution in [0.25, 0.3) is 5.65 Å². The molecule has 1 atom stereocenters. The van der Waals surface area contributed by atoms with E-state index in [1.165, 1.54) is 19.4 Å². The number of aromatic nitrogens is 5. The Bertz CT molecular complexity index is 1150. The van der Waals surface area contributed by atoms with Crippen LogP contribution in [0.3, 0.4) is 0 Å². The maximum atomic E-state index is 11.5. The molecule has 1 aliphatic heterocycles. The number of hydrogen-bond donors (Lipinski definition) is 2. The largest absolute Gasteiger partial charge is 0.480 e. The minimum absolute atomic E-state index is 0.0985. The maximum Gasteiger partial charge on any atom is 0.250 e. The van der Waals surface area contributed by atoms with E-state index in [-0.39, 0.29) is 29.3 Å². The van der Waals surface area contributed by atoms with Crippen molar-refractivity contribution in [2.45, 2.75) is 12.5 Å². The molecule has 0 aromatic carbocycles. The molecule has 0 bridgehead atoms. The van der Waals surface area contributed by atoms with Crippen LogP contribution in [0.2, 0.25) is 0 Å². The molecular weight excluding hydrogens is 386 g/mol. The Morgan fingerprint density at radius 3 is 3.03 bits per heavy atom. The molecule has 4 heterocycles. The van der Waals surface area contributed by atoms with Gasteiger partial charge < -0.3 is 15.0 Å². The lowest BCUT2D eigenvalue weighted by atomic mass is 10.3. The predicted molar refractivity (Wildman–Crippen MR) is 109 cm³/mol. The third-order valence-corrected chi connectivity index (χ3v) is 4.67. The topological polar surface area (TPSA) is 133 Å². The molecule has 11 nitrogen and oxygen atoms in total. The van der Waals surface area contributed by atoms with Gasteiger partial charge in [-0.2, -0.15) is 19.7 Å². The first kappa shape index (κ1) is 19.1. The number of rotatable bonds is 6. The second kappa shape index (κ2) is 8.04. The highest BCUT2D eigenvalue weighted by Gasteiger charge is 2.25. The average Bonchev–Trinajstić information content (AvgIpc) is 3.39. The summed E-state index contributed by atoms with van der Waals surface area (Å²) in [6.45, 7) is 4.91. The molecule has 3 aromatic rings. The minimum atomic E-state index is -0.365. The Morgan fingerprint density at radius 2 is 2.27 bits per heavy atom. The summed E-state index contributed by atoms with van der Waals surface area (Å²) in [7, 11) is 1.47. The van der Waals surface area contributed by atoms with E-state index in [1.54, 1.807) is 4.52 Å². The van der Waals surface area contributed by atoms with Crippen LogP contribution in [0.5, 0.6) is 5.88 Å². The molecule has 4 rings (SSSR count). The normalized spacial score (nSPS) is 15.6. The first-order valence-corrected chi connectivity index (χ1v) is 9.23. The second-order valence-electron chi connectivity index (χ2n) is 6.59. The highest BCUT2D eigenvalue weighted by Crippen LogP contribution is 2.24. The zero-order valence-electron chi connectivity index (χ0n) is 16.2. The van der Waals surface area contributed by atoms with Gasteiger partial charge in [0, 0.05) is 19.1 Å². The van der Waals surface area contributed by atoms with Gasteiger partial charge in [0.1, 0.15) is 17.5 Å². The van der Waals surface area contributed by atoms with E-state index in [0.717, 1.165) is 18.8 Å². The van der Waals surface area contributed by atoms with Crippen LogP contribution in [0, 0.1) is 11.3 Å². The molecule has 1 fully saturated rings. The van der Waals surface area contributed by atoms with Crippen molar-refractivity contribution in [3.8, 4) is 11.9 Å². The van der Waals surface area contributed by atoms with Gasteiger partial charge in [-0.15, -0.1) is 5.10 Å². The van der Waals surface area contributed by atoms with Crippen LogP contribution >= 0.6 is 0 Å². The third-order valence-electron chi connectivity index (χ3n) is 4.67. The number of carbonyl (C=O) groups excluding carboxylic acids is 1. The van der Waals surface area contributed by atoms with E-state index in [2.05, 4.69) is 42.2 Å². The van der Waals surface area contributed by atoms with Gasteiger partial charge in [-0.1, -0.05) is 12.6 Å². The van der Waals surface area contributed by atoms with Crippen molar-refractivity contribution in [1.29, 1.82) is 5.26 Å². The van der Waals surface area contributed by atoms with Gasteiger partial charge in [-0.3, -0.25) is 10.1 Å². The lowest BCUT2D eigenvalue weighted by Gasteiger charge is -2.19. The average molecular weight is 405 g/mol. The lowest BCUT2D eigenvalue weighted by molar-refractivity contribution is -0.111. The quantitative estimate of drug-likeness (QED) is 0.580. The second-order valence-corrected chi connectivity index (χ2v) is 6.59. The first-order chi connectivity index (χ1) is 14.6. The molecule has 1 amide bonds. The van der Waals surface area contributed by atoms with E-state index in [1.807, 2.05) is 24.3 Å². The summed E-state index contributed by atoms with van der Waals surface area (Å²) >= 11 is 0. The first-order valence-electron chi connectivity index (χ1n) is 9.23. The van der Waals surface area contributed by atoms with Crippen molar-refractivity contribution in [3.05, 3.63) is 42.6 Å². The Kier molecular flexibility index (Phi) is 5.13. The predicted octanol–water partition coefficient (Wildman–Crippen LogP) is 1.21. The number of ether oxygens (including phenoxy) is 1. The number of hydrogen-bond acceptors (Lipinski definition) is 9. The minimum Gasteiger partial charge on any atom is -0.480 e. The molecule has 3 aromatic heterocycles. The van der Waals surface area contributed by atoms with Gasteiger partial charge in [0.2, 0.25) is 23.7 Å². The van der Waals surface area contributed by atoms with E-state index < -0.39 is 0 Å². The zero-order valence-corrected chi connectivity index (χ0v) is 16.2. The van der Waals surface area contributed by atoms with Crippen LogP contribution in [0.4, 0.5) is 17.7 Å². The molecule has 0 spiro atoms. The molecular formula is C19H19N9O2. The van der Waals surface area contributed by atoms with Crippen molar-refractivity contribution in [2.24, 2.45) is 0 Å². The molecule has 30 heavy (non-hydrogen) atoms. The molecule has 0 radical (unpaired) electrons. The molecule has 11 heteroatoms. The third kappa shape index (κ3) is 3.70. The van der Waals surface area contributed by atoms with Crippen LogP contribution in [0.1, 0.15) is 12.0 Å². The summed E-state index contributed by atoms with van der Waals surface area (Å²) in [5, 5.41) is 19.3. The number of nitrogens with zero attached hydrogens (tertiary/aromatic N) is 7. The number of amides is 1. The standard InChI is InChI=1S/C19H19N9O2/c1-3-15(29)24-19-23-14-5-4-6-16(28(14)26-19)27-8-7-13(11-27)22-18-21-10-12(9-20)17(25-18)30-2/h3-6,10,13H,1,7-8,11H2,2H3,(H,21,22,25)(H,24,26,29)/t13-/m1/s1. The smallest absolute Gasteiger partial charge is 0.250 e. The Labute approximate surface area is 172 Å². The van der Waals surface area contributed by atoms with Crippen LogP contribution < -0.4 is 20.3 Å². The van der Waals surface area contributed by atoms with Crippen molar-refractivity contribution < 1.29 is 9.53 Å². The van der Waals surface area contributed by atoms with Gasteiger partial charge in [-0.25, -0.2) is 4.98 Å². The molecule has 1 aliphatic rings. The molecule has 152 valence electrons. The summed E-state index contributed by atoms with van der Waals surface area (Å²) in [5.74, 6) is 1.37. The van der Waals surface area contributed by atoms with Crippen molar-refractivity contribution >= 4 is 29.3 Å². The monoisotopic (exact) mass is 405 g/mol. The maximum absolute atomic E-state index is 11.5. The van der Waals surface area contributed by atoms with Gasteiger partial charge in [-0.05, 0) is 24.6 Å². The molecule has 2 N–H and O–H groups in total. The van der Waals surface area contributed by atoms with E-state index in [9.17, 15) is 4.79 Å². The van der Waals surface area contributed by atoms with E-state index in [0.29, 0.717) is 18.1 Å². The summed E-state index contributed by atoms with van der Waals surface area (Å²) in [5.41, 5.74) is 0.914. The van der Waals surface area contributed by atoms with Crippen molar-refractivity contribution in [1.82, 2.24) is 24.6 Å². The number of nitriles is 1. The van der Waals surface area contributed by atoms with Crippen LogP contribution in [0.15, 0.2) is 37.1 Å². The SMILES string of the molecule is C=CC(=O)Nc1nc2cccc(N3CC[C@@H](Nc4ncc(C#N)c(OC)n4)C3)n2n1. The molecule has 0 saturated carbocycles. The number of carbonyl (C=O) groups is 1. The Hall–Kier alpha value is -4.20. The highest BCUT2D eigenvalue weighted by molar-refractivity contribution is 5.97. The Morgan fingerprint density at radius 1 is 1.40 bits per heavy atom. The van der Waals surface area contributed by atoms with Gasteiger partial charge >= 0.3 is 0 Å². The fraction of sp³-hybridized carbons (Fsp3) is 0.263. The summed E-state index contributed by atoms with van der Waals surface area (Å²) in [6.07, 6.45) is 3.47. The lowest BCUT2D eigenvalue weighted by Crippen LogP contribution is -2.28.